The number of urea groups is 1. The maximum atomic E-state index is 12.6. The number of amides is 2. The molecule has 9 nitrogen and oxygen atoms in total. The van der Waals surface area contributed by atoms with Gasteiger partial charge in [0.15, 0.2) is 5.65 Å². The van der Waals surface area contributed by atoms with E-state index in [1.54, 1.807) is 42.6 Å². The van der Waals surface area contributed by atoms with E-state index >= 15 is 0 Å². The van der Waals surface area contributed by atoms with Crippen molar-refractivity contribution in [2.45, 2.75) is 39.7 Å². The van der Waals surface area contributed by atoms with Crippen LogP contribution in [0.4, 0.5) is 21.9 Å². The van der Waals surface area contributed by atoms with Crippen LogP contribution in [0.1, 0.15) is 36.7 Å². The molecule has 0 aliphatic heterocycles. The first-order valence-corrected chi connectivity index (χ1v) is 11.7. The summed E-state index contributed by atoms with van der Waals surface area (Å²) in [5.74, 6) is 0.883. The first kappa shape index (κ1) is 24.2. The van der Waals surface area contributed by atoms with Gasteiger partial charge < -0.3 is 15.2 Å². The lowest BCUT2D eigenvalue weighted by molar-refractivity contribution is -0.384. The molecule has 0 spiro atoms. The number of unbranched alkanes of at least 4 members (excludes halogenated alkanes) is 1. The number of aromatic nitrogens is 3. The lowest BCUT2D eigenvalue weighted by Gasteiger charge is -2.12. The smallest absolute Gasteiger partial charge is 0.308 e. The van der Waals surface area contributed by atoms with Gasteiger partial charge in [0.25, 0.3) is 5.69 Å². The number of pyridine rings is 1. The first-order chi connectivity index (χ1) is 16.9. The molecule has 0 bridgehead atoms. The maximum Gasteiger partial charge on any atom is 0.323 e. The van der Waals surface area contributed by atoms with Crippen LogP contribution in [0.25, 0.3) is 11.2 Å². The van der Waals surface area contributed by atoms with Gasteiger partial charge in [0.2, 0.25) is 0 Å². The van der Waals surface area contributed by atoms with E-state index in [1.807, 2.05) is 11.5 Å². The number of nitro groups is 1. The van der Waals surface area contributed by atoms with Crippen molar-refractivity contribution in [3.05, 3.63) is 86.8 Å². The van der Waals surface area contributed by atoms with E-state index in [9.17, 15) is 14.9 Å². The minimum absolute atomic E-state index is 0.0511. The van der Waals surface area contributed by atoms with Crippen LogP contribution in [0.5, 0.6) is 0 Å². The summed E-state index contributed by atoms with van der Waals surface area (Å²) in [5.41, 5.74) is 4.21. The molecule has 0 unspecified atom stereocenters. The molecule has 0 atom stereocenters. The Labute approximate surface area is 207 Å². The molecule has 180 valence electrons. The number of anilines is 2. The molecule has 0 fully saturated rings. The molecule has 10 heteroatoms. The second-order valence-corrected chi connectivity index (χ2v) is 8.58. The third kappa shape index (κ3) is 5.41. The monoisotopic (exact) mass is 492 g/mol. The number of halogens is 1. The number of nitrogens with zero attached hydrogens (tertiary/aromatic N) is 4. The van der Waals surface area contributed by atoms with Crippen LogP contribution < -0.4 is 10.6 Å². The van der Waals surface area contributed by atoms with Crippen LogP contribution in [0.15, 0.2) is 54.7 Å². The summed E-state index contributed by atoms with van der Waals surface area (Å²) in [6, 6.07) is 13.1. The van der Waals surface area contributed by atoms with Crippen LogP contribution in [0.2, 0.25) is 5.02 Å². The average molecular weight is 493 g/mol. The summed E-state index contributed by atoms with van der Waals surface area (Å²) in [5, 5.41) is 17.0. The summed E-state index contributed by atoms with van der Waals surface area (Å²) in [6.07, 6.45) is 4.37. The van der Waals surface area contributed by atoms with Crippen molar-refractivity contribution in [1.29, 1.82) is 0 Å². The van der Waals surface area contributed by atoms with Crippen LogP contribution in [-0.4, -0.2) is 25.5 Å². The summed E-state index contributed by atoms with van der Waals surface area (Å²) in [7, 11) is 0. The SMILES string of the molecule is CCCCc1nc2c(C)c(NC(=O)Nc3ccccc3Cl)cnc2n1Cc1ccc([N+](=O)[O-])cc1. The van der Waals surface area contributed by atoms with Gasteiger partial charge in [-0.2, -0.15) is 0 Å². The average Bonchev–Trinajstić information content (AvgIpc) is 3.19. The number of non-ortho nitro benzene ring substituents is 1. The van der Waals surface area contributed by atoms with E-state index in [0.29, 0.717) is 34.1 Å². The molecule has 0 saturated heterocycles. The van der Waals surface area contributed by atoms with Gasteiger partial charge in [-0.3, -0.25) is 10.1 Å². The topological polar surface area (TPSA) is 115 Å². The van der Waals surface area contributed by atoms with Crippen LogP contribution in [-0.2, 0) is 13.0 Å². The fourth-order valence-electron chi connectivity index (χ4n) is 3.78. The number of nitro benzene ring substituents is 1. The normalized spacial score (nSPS) is 10.9. The van der Waals surface area contributed by atoms with Crippen LogP contribution in [0, 0.1) is 17.0 Å². The molecule has 4 rings (SSSR count). The number of imidazole rings is 1. The Kier molecular flexibility index (Phi) is 7.26. The molecular weight excluding hydrogens is 468 g/mol. The molecule has 0 saturated carbocycles. The van der Waals surface area contributed by atoms with Gasteiger partial charge in [-0.05, 0) is 31.0 Å². The van der Waals surface area contributed by atoms with Gasteiger partial charge in [0.1, 0.15) is 11.3 Å². The Morgan fingerprint density at radius 3 is 2.51 bits per heavy atom. The summed E-state index contributed by atoms with van der Waals surface area (Å²) in [4.78, 5) is 32.6. The Hall–Kier alpha value is -3.98. The number of rotatable bonds is 8. The molecule has 2 N–H and O–H groups in total. The number of nitrogens with one attached hydrogen (secondary N) is 2. The van der Waals surface area contributed by atoms with E-state index in [-0.39, 0.29) is 5.69 Å². The summed E-state index contributed by atoms with van der Waals surface area (Å²) >= 11 is 6.13. The van der Waals surface area contributed by atoms with Crippen molar-refractivity contribution in [2.24, 2.45) is 0 Å². The number of carbonyl (C=O) groups excluding carboxylic acids is 1. The molecule has 2 aromatic carbocycles. The fraction of sp³-hybridized carbons (Fsp3) is 0.240. The number of hydrogen-bond acceptors (Lipinski definition) is 5. The maximum absolute atomic E-state index is 12.6. The molecule has 4 aromatic rings. The third-order valence-electron chi connectivity index (χ3n) is 5.71. The van der Waals surface area contributed by atoms with Crippen molar-refractivity contribution < 1.29 is 9.72 Å². The largest absolute Gasteiger partial charge is 0.323 e. The number of fused-ring (bicyclic) bond motifs is 1. The van der Waals surface area contributed by atoms with Gasteiger partial charge in [0, 0.05) is 24.1 Å². The van der Waals surface area contributed by atoms with Gasteiger partial charge in [-0.1, -0.05) is 49.2 Å². The minimum atomic E-state index is -0.432. The molecule has 0 radical (unpaired) electrons. The lowest BCUT2D eigenvalue weighted by Crippen LogP contribution is -2.20. The highest BCUT2D eigenvalue weighted by Crippen LogP contribution is 2.27. The van der Waals surface area contributed by atoms with Gasteiger partial charge in [-0.25, -0.2) is 14.8 Å². The van der Waals surface area contributed by atoms with Gasteiger partial charge >= 0.3 is 6.03 Å². The first-order valence-electron chi connectivity index (χ1n) is 11.3. The van der Waals surface area contributed by atoms with Gasteiger partial charge in [-0.15, -0.1) is 0 Å². The third-order valence-corrected chi connectivity index (χ3v) is 6.04. The summed E-state index contributed by atoms with van der Waals surface area (Å²) in [6.45, 7) is 4.49. The molecule has 35 heavy (non-hydrogen) atoms. The zero-order valence-electron chi connectivity index (χ0n) is 19.4. The predicted octanol–water partition coefficient (Wildman–Crippen LogP) is 6.34. The number of para-hydroxylation sites is 1. The molecule has 2 aromatic heterocycles. The lowest BCUT2D eigenvalue weighted by atomic mass is 10.2. The molecule has 0 aliphatic carbocycles. The van der Waals surface area contributed by atoms with E-state index in [2.05, 4.69) is 22.5 Å². The second-order valence-electron chi connectivity index (χ2n) is 8.17. The predicted molar refractivity (Wildman–Crippen MR) is 137 cm³/mol. The molecule has 2 heterocycles. The Bertz CT molecular complexity index is 1380. The van der Waals surface area contributed by atoms with Gasteiger partial charge in [0.05, 0.1) is 34.1 Å². The highest BCUT2D eigenvalue weighted by Gasteiger charge is 2.18. The van der Waals surface area contributed by atoms with Crippen molar-refractivity contribution in [1.82, 2.24) is 14.5 Å². The van der Waals surface area contributed by atoms with E-state index < -0.39 is 11.0 Å². The zero-order chi connectivity index (χ0) is 24.9. The Balaban J connectivity index is 1.63. The van der Waals surface area contributed by atoms with E-state index in [1.165, 1.54) is 12.1 Å². The fourth-order valence-corrected chi connectivity index (χ4v) is 3.97. The highest BCUT2D eigenvalue weighted by atomic mass is 35.5. The molecule has 0 aliphatic rings. The van der Waals surface area contributed by atoms with E-state index in [4.69, 9.17) is 16.6 Å². The van der Waals surface area contributed by atoms with Crippen molar-refractivity contribution in [3.8, 4) is 0 Å². The number of hydrogen-bond donors (Lipinski definition) is 2. The highest BCUT2D eigenvalue weighted by molar-refractivity contribution is 6.33. The standard InChI is InChI=1S/C25H25ClN6O3/c1-3-4-9-22-30-23-16(2)21(29-25(33)28-20-8-6-5-7-19(20)26)14-27-24(23)31(22)15-17-10-12-18(13-11-17)32(34)35/h5-8,10-14H,3-4,9,15H2,1-2H3,(H2,28,29,33). The molecule has 2 amide bonds. The number of aryl methyl sites for hydroxylation is 2. The molecular formula is C25H25ClN6O3. The minimum Gasteiger partial charge on any atom is -0.308 e. The quantitative estimate of drug-likeness (QED) is 0.220. The van der Waals surface area contributed by atoms with Crippen molar-refractivity contribution in [3.63, 3.8) is 0 Å². The Morgan fingerprint density at radius 2 is 1.83 bits per heavy atom. The van der Waals surface area contributed by atoms with Crippen LogP contribution in [0.3, 0.4) is 0 Å². The zero-order valence-corrected chi connectivity index (χ0v) is 20.2. The number of carbonyl (C=O) groups is 1. The second kappa shape index (κ2) is 10.5. The van der Waals surface area contributed by atoms with Crippen molar-refractivity contribution >= 4 is 45.9 Å². The van der Waals surface area contributed by atoms with Crippen LogP contribution >= 0.6 is 11.6 Å². The van der Waals surface area contributed by atoms with Crippen molar-refractivity contribution in [2.75, 3.05) is 10.6 Å². The summed E-state index contributed by atoms with van der Waals surface area (Å²) < 4.78 is 2.03. The number of benzene rings is 2. The Morgan fingerprint density at radius 1 is 1.11 bits per heavy atom. The van der Waals surface area contributed by atoms with E-state index in [0.717, 1.165) is 36.2 Å².